The molecule has 2 N–H and O–H groups in total. The van der Waals surface area contributed by atoms with Crippen LogP contribution in [-0.4, -0.2) is 23.2 Å². The van der Waals surface area contributed by atoms with Crippen LogP contribution in [-0.2, 0) is 22.4 Å². The van der Waals surface area contributed by atoms with E-state index in [-0.39, 0.29) is 10.6 Å². The first kappa shape index (κ1) is 24.4. The van der Waals surface area contributed by atoms with E-state index in [1.807, 2.05) is 0 Å². The summed E-state index contributed by atoms with van der Waals surface area (Å²) >= 11 is 0. The highest BCUT2D eigenvalue weighted by Crippen LogP contribution is 2.41. The molecule has 182 valence electrons. The van der Waals surface area contributed by atoms with Crippen LogP contribution < -0.4 is 5.14 Å². The highest BCUT2D eigenvalue weighted by Gasteiger charge is 2.38. The number of rotatable bonds is 4. The molecule has 0 amide bonds. The fourth-order valence-electron chi connectivity index (χ4n) is 3.41. The Labute approximate surface area is 194 Å². The van der Waals surface area contributed by atoms with Crippen LogP contribution in [0.15, 0.2) is 78.0 Å². The molecular formula is C22H14F6N4O2S. The average Bonchev–Trinajstić information content (AvgIpc) is 3.24. The molecule has 0 unspecified atom stereocenters. The number of halogens is 6. The van der Waals surface area contributed by atoms with Crippen molar-refractivity contribution in [3.63, 3.8) is 0 Å². The molecule has 0 bridgehead atoms. The van der Waals surface area contributed by atoms with Crippen LogP contribution in [0.4, 0.5) is 26.3 Å². The molecule has 0 saturated heterocycles. The van der Waals surface area contributed by atoms with Gasteiger partial charge in [0.15, 0.2) is 5.69 Å². The number of pyridine rings is 1. The summed E-state index contributed by atoms with van der Waals surface area (Å²) in [5.74, 6) is 0. The molecule has 0 aliphatic rings. The molecule has 0 aliphatic carbocycles. The zero-order valence-electron chi connectivity index (χ0n) is 17.3. The number of nitrogens with two attached hydrogens (primary N) is 1. The molecular weight excluding hydrogens is 498 g/mol. The summed E-state index contributed by atoms with van der Waals surface area (Å²) < 4.78 is 106. The summed E-state index contributed by atoms with van der Waals surface area (Å²) in [5, 5.41) is 8.52. The molecule has 0 saturated carbocycles. The van der Waals surface area contributed by atoms with Gasteiger partial charge in [-0.15, -0.1) is 0 Å². The minimum absolute atomic E-state index is 0.106. The lowest BCUT2D eigenvalue weighted by molar-refractivity contribution is -0.141. The second-order valence-corrected chi connectivity index (χ2v) is 8.92. The van der Waals surface area contributed by atoms with Crippen molar-refractivity contribution in [2.75, 3.05) is 0 Å². The number of hydrogen-bond acceptors (Lipinski definition) is 4. The molecule has 0 fully saturated rings. The van der Waals surface area contributed by atoms with Crippen molar-refractivity contribution in [1.82, 2.24) is 14.8 Å². The van der Waals surface area contributed by atoms with Crippen LogP contribution >= 0.6 is 0 Å². The highest BCUT2D eigenvalue weighted by molar-refractivity contribution is 7.89. The van der Waals surface area contributed by atoms with Crippen molar-refractivity contribution in [1.29, 1.82) is 0 Å². The summed E-state index contributed by atoms with van der Waals surface area (Å²) in [6, 6.07) is 10.9. The summed E-state index contributed by atoms with van der Waals surface area (Å²) in [5.41, 5.74) is -2.95. The van der Waals surface area contributed by atoms with E-state index in [1.54, 1.807) is 0 Å². The van der Waals surface area contributed by atoms with Crippen molar-refractivity contribution >= 4 is 10.0 Å². The van der Waals surface area contributed by atoms with Crippen LogP contribution in [0.25, 0.3) is 28.1 Å². The van der Waals surface area contributed by atoms with Crippen LogP contribution in [0.1, 0.15) is 11.3 Å². The maximum Gasteiger partial charge on any atom is 0.435 e. The number of benzene rings is 2. The Kier molecular flexibility index (Phi) is 5.93. The lowest BCUT2D eigenvalue weighted by Crippen LogP contribution is -2.12. The Morgan fingerprint density at radius 2 is 1.40 bits per heavy atom. The SMILES string of the molecule is NS(=O)(=O)c1ccc(-n2nc(C(F)(F)F)cc2-c2cc(-c3ccncc3)ccc2C(F)(F)F)cc1. The third-order valence-corrected chi connectivity index (χ3v) is 5.95. The molecule has 4 rings (SSSR count). The number of alkyl halides is 6. The van der Waals surface area contributed by atoms with Crippen molar-refractivity contribution in [3.8, 4) is 28.1 Å². The first-order valence-corrected chi connectivity index (χ1v) is 11.2. The van der Waals surface area contributed by atoms with E-state index >= 15 is 0 Å². The van der Waals surface area contributed by atoms with Gasteiger partial charge in [-0.3, -0.25) is 4.98 Å². The number of sulfonamides is 1. The summed E-state index contributed by atoms with van der Waals surface area (Å²) in [6.07, 6.45) is -7.00. The van der Waals surface area contributed by atoms with Gasteiger partial charge in [0, 0.05) is 18.0 Å². The van der Waals surface area contributed by atoms with Crippen molar-refractivity contribution in [2.24, 2.45) is 5.14 Å². The number of nitrogens with zero attached hydrogens (tertiary/aromatic N) is 3. The van der Waals surface area contributed by atoms with E-state index in [2.05, 4.69) is 10.1 Å². The molecule has 6 nitrogen and oxygen atoms in total. The molecule has 0 radical (unpaired) electrons. The average molecular weight is 512 g/mol. The smallest absolute Gasteiger partial charge is 0.265 e. The molecule has 4 aromatic rings. The third kappa shape index (κ3) is 5.05. The van der Waals surface area contributed by atoms with E-state index < -0.39 is 44.9 Å². The predicted octanol–water partition coefficient (Wildman–Crippen LogP) is 5.29. The van der Waals surface area contributed by atoms with E-state index in [4.69, 9.17) is 5.14 Å². The summed E-state index contributed by atoms with van der Waals surface area (Å²) in [6.45, 7) is 0. The van der Waals surface area contributed by atoms with Crippen molar-refractivity contribution in [3.05, 3.63) is 84.3 Å². The maximum absolute atomic E-state index is 13.9. The fraction of sp³-hybridized carbons (Fsp3) is 0.0909. The lowest BCUT2D eigenvalue weighted by atomic mass is 9.97. The molecule has 2 aromatic heterocycles. The predicted molar refractivity (Wildman–Crippen MR) is 114 cm³/mol. The first-order chi connectivity index (χ1) is 16.2. The van der Waals surface area contributed by atoms with Gasteiger partial charge in [0.05, 0.1) is 21.8 Å². The van der Waals surface area contributed by atoms with E-state index in [9.17, 15) is 34.8 Å². The topological polar surface area (TPSA) is 90.9 Å². The zero-order valence-corrected chi connectivity index (χ0v) is 18.2. The highest BCUT2D eigenvalue weighted by atomic mass is 32.2. The van der Waals surface area contributed by atoms with E-state index in [0.717, 1.165) is 36.4 Å². The van der Waals surface area contributed by atoms with Gasteiger partial charge in [-0.25, -0.2) is 18.2 Å². The van der Waals surface area contributed by atoms with Gasteiger partial charge in [0.1, 0.15) is 0 Å². The van der Waals surface area contributed by atoms with Gasteiger partial charge in [0.2, 0.25) is 10.0 Å². The van der Waals surface area contributed by atoms with Crippen molar-refractivity contribution in [2.45, 2.75) is 17.2 Å². The molecule has 0 aliphatic heterocycles. The number of hydrogen-bond donors (Lipinski definition) is 1. The van der Waals surface area contributed by atoms with Crippen LogP contribution in [0.2, 0.25) is 0 Å². The third-order valence-electron chi connectivity index (χ3n) is 5.02. The molecule has 2 heterocycles. The molecule has 35 heavy (non-hydrogen) atoms. The Bertz CT molecular complexity index is 1480. The monoisotopic (exact) mass is 512 g/mol. The van der Waals surface area contributed by atoms with Gasteiger partial charge in [-0.1, -0.05) is 6.07 Å². The first-order valence-electron chi connectivity index (χ1n) is 9.68. The second-order valence-electron chi connectivity index (χ2n) is 7.36. The van der Waals surface area contributed by atoms with Crippen molar-refractivity contribution < 1.29 is 34.8 Å². The number of aromatic nitrogens is 3. The minimum atomic E-state index is -4.96. The van der Waals surface area contributed by atoms with Crippen LogP contribution in [0.3, 0.4) is 0 Å². The Balaban J connectivity index is 1.99. The number of primary sulfonamides is 1. The van der Waals surface area contributed by atoms with Crippen LogP contribution in [0.5, 0.6) is 0 Å². The molecule has 0 atom stereocenters. The maximum atomic E-state index is 13.9. The minimum Gasteiger partial charge on any atom is -0.265 e. The van der Waals surface area contributed by atoms with Crippen LogP contribution in [0, 0.1) is 0 Å². The lowest BCUT2D eigenvalue weighted by Gasteiger charge is -2.16. The van der Waals surface area contributed by atoms with Gasteiger partial charge in [-0.2, -0.15) is 31.4 Å². The van der Waals surface area contributed by atoms with Gasteiger partial charge in [0.25, 0.3) is 0 Å². The Morgan fingerprint density at radius 1 is 0.771 bits per heavy atom. The Morgan fingerprint density at radius 3 is 1.94 bits per heavy atom. The summed E-state index contributed by atoms with van der Waals surface area (Å²) in [7, 11) is -4.11. The summed E-state index contributed by atoms with van der Waals surface area (Å²) in [4.78, 5) is 3.51. The largest absolute Gasteiger partial charge is 0.435 e. The molecule has 0 spiro atoms. The molecule has 13 heteroatoms. The molecule has 2 aromatic carbocycles. The van der Waals surface area contributed by atoms with Gasteiger partial charge < -0.3 is 0 Å². The second kappa shape index (κ2) is 8.50. The van der Waals surface area contributed by atoms with Gasteiger partial charge >= 0.3 is 12.4 Å². The fourth-order valence-corrected chi connectivity index (χ4v) is 3.93. The normalized spacial score (nSPS) is 12.7. The quantitative estimate of drug-likeness (QED) is 0.377. The van der Waals surface area contributed by atoms with E-state index in [1.165, 1.54) is 30.6 Å². The standard InChI is InChI=1S/C22H14F6N4O2S/c23-21(24,25)18-6-1-14(13-7-9-30-10-8-13)11-17(18)19-12-20(22(26,27)28)31-32(19)15-2-4-16(5-3-15)35(29,33)34/h1-12H,(H2,29,33,34). The zero-order chi connectivity index (χ0) is 25.6. The van der Waals surface area contributed by atoms with Gasteiger partial charge in [-0.05, 0) is 65.7 Å². The Hall–Kier alpha value is -3.71. The van der Waals surface area contributed by atoms with E-state index in [0.29, 0.717) is 21.9 Å².